The van der Waals surface area contributed by atoms with Crippen molar-refractivity contribution >= 4 is 5.97 Å². The number of aliphatic hydroxyl groups is 2. The number of rotatable bonds is 1. The van der Waals surface area contributed by atoms with E-state index in [0.29, 0.717) is 19.4 Å². The molecule has 5 rings (SSSR count). The number of hydrogen-bond acceptors (Lipinski definition) is 4. The van der Waals surface area contributed by atoms with Gasteiger partial charge in [0.1, 0.15) is 5.60 Å². The Morgan fingerprint density at radius 2 is 1.88 bits per heavy atom. The van der Waals surface area contributed by atoms with Crippen LogP contribution >= 0.6 is 0 Å². The van der Waals surface area contributed by atoms with Gasteiger partial charge in [0, 0.05) is 6.42 Å². The molecule has 4 aliphatic carbocycles. The lowest BCUT2D eigenvalue weighted by Gasteiger charge is -2.64. The molecule has 8 atom stereocenters. The number of fused-ring (bicyclic) bond motifs is 4. The Morgan fingerprint density at radius 1 is 1.16 bits per heavy atom. The molecule has 2 unspecified atom stereocenters. The summed E-state index contributed by atoms with van der Waals surface area (Å²) in [5, 5.41) is 32.3. The van der Waals surface area contributed by atoms with E-state index in [-0.39, 0.29) is 22.7 Å². The average molecular weight is 350 g/mol. The maximum atomic E-state index is 12.1. The van der Waals surface area contributed by atoms with Crippen LogP contribution in [0, 0.1) is 28.1 Å². The van der Waals surface area contributed by atoms with E-state index in [1.165, 1.54) is 0 Å². The summed E-state index contributed by atoms with van der Waals surface area (Å²) in [5.74, 6) is -0.518. The molecule has 1 saturated heterocycles. The Morgan fingerprint density at radius 3 is 2.52 bits per heavy atom. The Balaban J connectivity index is 1.60. The van der Waals surface area contributed by atoms with Crippen LogP contribution in [0.4, 0.5) is 0 Å². The van der Waals surface area contributed by atoms with Gasteiger partial charge in [0.15, 0.2) is 0 Å². The zero-order chi connectivity index (χ0) is 17.9. The van der Waals surface area contributed by atoms with Crippen molar-refractivity contribution < 1.29 is 24.9 Å². The van der Waals surface area contributed by atoms with Crippen molar-refractivity contribution in [2.24, 2.45) is 28.1 Å². The van der Waals surface area contributed by atoms with Crippen LogP contribution in [0.15, 0.2) is 0 Å². The third kappa shape index (κ3) is 1.73. The van der Waals surface area contributed by atoms with Crippen molar-refractivity contribution in [3.8, 4) is 0 Å². The van der Waals surface area contributed by atoms with Crippen molar-refractivity contribution in [3.63, 3.8) is 0 Å². The lowest BCUT2D eigenvalue weighted by Crippen LogP contribution is -2.63. The van der Waals surface area contributed by atoms with Gasteiger partial charge in [-0.05, 0) is 68.1 Å². The molecule has 1 aliphatic heterocycles. The van der Waals surface area contributed by atoms with Gasteiger partial charge in [0.25, 0.3) is 0 Å². The predicted molar refractivity (Wildman–Crippen MR) is 89.8 cm³/mol. The topological polar surface area (TPSA) is 90.3 Å². The molecule has 0 aromatic rings. The van der Waals surface area contributed by atoms with Crippen LogP contribution in [0.1, 0.15) is 65.2 Å². The van der Waals surface area contributed by atoms with E-state index < -0.39 is 28.7 Å². The highest BCUT2D eigenvalue weighted by Gasteiger charge is 2.78. The SMILES string of the molecule is CC1(C(=O)O)CCC[C@@]2(C)[C@H]1CC[C@]13C[C@@](O)(CC(O)[C@@H]12)[C@]1(CO1)C3. The first-order chi connectivity index (χ1) is 11.6. The number of aliphatic carboxylic acids is 1. The van der Waals surface area contributed by atoms with E-state index in [0.717, 1.165) is 38.5 Å². The van der Waals surface area contributed by atoms with E-state index >= 15 is 0 Å². The standard InChI is InChI=1S/C20H30O5/c1-16-5-3-6-17(2,15(22)23)13(16)4-7-18-9-19(24,8-12(21)14(16)18)20(10-18)11-25-20/h12-14,21,24H,3-11H2,1-2H3,(H,22,23)/t12?,13-,14-,16+,17?,18-,19+,20-/m1/s1. The second-order valence-corrected chi connectivity index (χ2v) is 10.5. The van der Waals surface area contributed by atoms with Gasteiger partial charge < -0.3 is 20.1 Å². The fraction of sp³-hybridized carbons (Fsp3) is 0.950. The Labute approximate surface area is 148 Å². The molecule has 0 amide bonds. The molecule has 0 aromatic heterocycles. The number of carboxylic acids is 1. The van der Waals surface area contributed by atoms with E-state index in [1.54, 1.807) is 0 Å². The predicted octanol–water partition coefficient (Wildman–Crippen LogP) is 2.34. The monoisotopic (exact) mass is 350 g/mol. The minimum atomic E-state index is -0.892. The molecule has 2 spiro atoms. The van der Waals surface area contributed by atoms with Crippen LogP contribution in [-0.2, 0) is 9.53 Å². The fourth-order valence-electron chi connectivity index (χ4n) is 8.44. The van der Waals surface area contributed by atoms with Gasteiger partial charge in [0.05, 0.1) is 23.7 Å². The van der Waals surface area contributed by atoms with Crippen molar-refractivity contribution in [1.29, 1.82) is 0 Å². The molecule has 2 bridgehead atoms. The summed E-state index contributed by atoms with van der Waals surface area (Å²) in [5.41, 5.74) is -2.29. The highest BCUT2D eigenvalue weighted by Crippen LogP contribution is 2.75. The first-order valence-corrected chi connectivity index (χ1v) is 9.89. The molecule has 0 radical (unpaired) electrons. The van der Waals surface area contributed by atoms with Crippen LogP contribution in [0.25, 0.3) is 0 Å². The fourth-order valence-corrected chi connectivity index (χ4v) is 8.44. The summed E-state index contributed by atoms with van der Waals surface area (Å²) in [6, 6.07) is 0. The summed E-state index contributed by atoms with van der Waals surface area (Å²) in [6.45, 7) is 4.76. The van der Waals surface area contributed by atoms with Crippen molar-refractivity contribution in [1.82, 2.24) is 0 Å². The Bertz CT molecular complexity index is 640. The second kappa shape index (κ2) is 4.42. The summed E-state index contributed by atoms with van der Waals surface area (Å²) in [7, 11) is 0. The van der Waals surface area contributed by atoms with Crippen molar-refractivity contribution in [2.75, 3.05) is 6.61 Å². The lowest BCUT2D eigenvalue weighted by atomic mass is 9.40. The minimum Gasteiger partial charge on any atom is -0.481 e. The van der Waals surface area contributed by atoms with Crippen molar-refractivity contribution in [3.05, 3.63) is 0 Å². The molecule has 5 aliphatic rings. The minimum absolute atomic E-state index is 0.0709. The second-order valence-electron chi connectivity index (χ2n) is 10.5. The molecule has 3 N–H and O–H groups in total. The maximum absolute atomic E-state index is 12.1. The zero-order valence-corrected chi connectivity index (χ0v) is 15.3. The summed E-state index contributed by atoms with van der Waals surface area (Å²) in [4.78, 5) is 12.1. The first-order valence-electron chi connectivity index (χ1n) is 9.89. The smallest absolute Gasteiger partial charge is 0.309 e. The number of carboxylic acid groups (broad SMARTS) is 1. The average Bonchev–Trinajstić information content (AvgIpc) is 3.22. The number of hydrogen-bond donors (Lipinski definition) is 3. The number of aliphatic hydroxyl groups excluding tert-OH is 1. The normalized spacial score (nSPS) is 62.3. The van der Waals surface area contributed by atoms with Crippen LogP contribution in [-0.4, -0.2) is 45.2 Å². The lowest BCUT2D eigenvalue weighted by molar-refractivity contribution is -0.212. The zero-order valence-electron chi connectivity index (χ0n) is 15.3. The van der Waals surface area contributed by atoms with Crippen LogP contribution < -0.4 is 0 Å². The van der Waals surface area contributed by atoms with E-state index in [4.69, 9.17) is 4.74 Å². The van der Waals surface area contributed by atoms with Gasteiger partial charge in [0.2, 0.25) is 0 Å². The third-order valence-corrected chi connectivity index (χ3v) is 9.32. The van der Waals surface area contributed by atoms with E-state index in [9.17, 15) is 20.1 Å². The number of carbonyl (C=O) groups is 1. The van der Waals surface area contributed by atoms with Gasteiger partial charge in [-0.3, -0.25) is 4.79 Å². The van der Waals surface area contributed by atoms with Crippen LogP contribution in [0.3, 0.4) is 0 Å². The van der Waals surface area contributed by atoms with Gasteiger partial charge in [-0.2, -0.15) is 0 Å². The number of epoxide rings is 1. The molecule has 5 nitrogen and oxygen atoms in total. The van der Waals surface area contributed by atoms with Gasteiger partial charge in [-0.1, -0.05) is 13.3 Å². The van der Waals surface area contributed by atoms with Crippen LogP contribution in [0.2, 0.25) is 0 Å². The summed E-state index contributed by atoms with van der Waals surface area (Å²) < 4.78 is 5.76. The summed E-state index contributed by atoms with van der Waals surface area (Å²) in [6.07, 6.45) is 5.78. The molecule has 5 heteroatoms. The van der Waals surface area contributed by atoms with Gasteiger partial charge >= 0.3 is 5.97 Å². The molecule has 25 heavy (non-hydrogen) atoms. The molecular formula is C20H30O5. The highest BCUT2D eigenvalue weighted by molar-refractivity contribution is 5.75. The maximum Gasteiger partial charge on any atom is 0.309 e. The quantitative estimate of drug-likeness (QED) is 0.632. The highest BCUT2D eigenvalue weighted by atomic mass is 16.6. The van der Waals surface area contributed by atoms with Crippen LogP contribution in [0.5, 0.6) is 0 Å². The molecule has 1 heterocycles. The van der Waals surface area contributed by atoms with E-state index in [2.05, 4.69) is 6.92 Å². The first kappa shape index (κ1) is 16.5. The third-order valence-electron chi connectivity index (χ3n) is 9.32. The number of ether oxygens (including phenoxy) is 1. The molecule has 5 fully saturated rings. The molecule has 4 saturated carbocycles. The molecule has 0 aromatic carbocycles. The molecular weight excluding hydrogens is 320 g/mol. The van der Waals surface area contributed by atoms with Crippen molar-refractivity contribution in [2.45, 2.75) is 82.5 Å². The Hall–Kier alpha value is -0.650. The molecule has 140 valence electrons. The van der Waals surface area contributed by atoms with Gasteiger partial charge in [-0.15, -0.1) is 0 Å². The summed E-state index contributed by atoms with van der Waals surface area (Å²) >= 11 is 0. The largest absolute Gasteiger partial charge is 0.481 e. The van der Waals surface area contributed by atoms with E-state index in [1.807, 2.05) is 6.92 Å². The van der Waals surface area contributed by atoms with Gasteiger partial charge in [-0.25, -0.2) is 0 Å². The Kier molecular flexibility index (Phi) is 2.92.